The van der Waals surface area contributed by atoms with E-state index >= 15 is 0 Å². The number of rotatable bonds is 1. The first-order valence-electron chi connectivity index (χ1n) is 3.83. The predicted molar refractivity (Wildman–Crippen MR) is 36.1 cm³/mol. The smallest absolute Gasteiger partial charge is 0.0627 e. The summed E-state index contributed by atoms with van der Waals surface area (Å²) in [5.74, 6) is 0.969. The van der Waals surface area contributed by atoms with Crippen molar-refractivity contribution < 1.29 is 0 Å². The highest BCUT2D eigenvalue weighted by Gasteiger charge is 2.29. The second kappa shape index (κ2) is 2.27. The van der Waals surface area contributed by atoms with Gasteiger partial charge in [-0.3, -0.25) is 5.32 Å². The molecule has 2 fully saturated rings. The van der Waals surface area contributed by atoms with Crippen LogP contribution in [0.25, 0.3) is 0 Å². The van der Waals surface area contributed by atoms with E-state index in [1.54, 1.807) is 0 Å². The first kappa shape index (κ1) is 5.69. The molecule has 1 N–H and O–H groups in total. The van der Waals surface area contributed by atoms with Crippen molar-refractivity contribution in [2.75, 3.05) is 13.2 Å². The molecule has 9 heavy (non-hydrogen) atoms. The van der Waals surface area contributed by atoms with Gasteiger partial charge in [0.15, 0.2) is 0 Å². The maximum absolute atomic E-state index is 4.26. The number of hydrogen-bond donors (Lipinski definition) is 1. The molecule has 0 aromatic heterocycles. The van der Waals surface area contributed by atoms with Gasteiger partial charge >= 0.3 is 0 Å². The molecule has 1 unspecified atom stereocenters. The van der Waals surface area contributed by atoms with Gasteiger partial charge in [-0.1, -0.05) is 6.42 Å². The minimum Gasteiger partial charge on any atom is -0.299 e. The fourth-order valence-electron chi connectivity index (χ4n) is 1.61. The van der Waals surface area contributed by atoms with Crippen LogP contribution in [0.1, 0.15) is 19.3 Å². The van der Waals surface area contributed by atoms with Gasteiger partial charge in [0.05, 0.1) is 6.67 Å². The zero-order chi connectivity index (χ0) is 6.10. The molecule has 51 valence electrons. The summed E-state index contributed by atoms with van der Waals surface area (Å²) in [5, 5.41) is 7.65. The zero-order valence-corrected chi connectivity index (χ0v) is 5.64. The van der Waals surface area contributed by atoms with Crippen molar-refractivity contribution in [1.82, 2.24) is 10.6 Å². The molecule has 1 atom stereocenters. The lowest BCUT2D eigenvalue weighted by Crippen LogP contribution is -2.36. The Hall–Kier alpha value is -0.0800. The lowest BCUT2D eigenvalue weighted by molar-refractivity contribution is 0.253. The molecule has 1 aliphatic heterocycles. The van der Waals surface area contributed by atoms with Crippen molar-refractivity contribution in [3.63, 3.8) is 0 Å². The molecule has 0 bridgehead atoms. The molecule has 2 aliphatic rings. The van der Waals surface area contributed by atoms with E-state index in [1.807, 2.05) is 0 Å². The Labute approximate surface area is 56.0 Å². The summed E-state index contributed by atoms with van der Waals surface area (Å²) < 4.78 is 0. The second-order valence-electron chi connectivity index (χ2n) is 3.07. The topological polar surface area (TPSA) is 26.1 Å². The van der Waals surface area contributed by atoms with Gasteiger partial charge < -0.3 is 0 Å². The molecule has 0 aromatic carbocycles. The van der Waals surface area contributed by atoms with Crippen molar-refractivity contribution in [3.8, 4) is 0 Å². The lowest BCUT2D eigenvalue weighted by Gasteiger charge is -2.30. The minimum atomic E-state index is 0.749. The van der Waals surface area contributed by atoms with Crippen LogP contribution in [0.15, 0.2) is 0 Å². The van der Waals surface area contributed by atoms with Crippen LogP contribution >= 0.6 is 0 Å². The molecule has 1 radical (unpaired) electrons. The molecule has 1 saturated heterocycles. The highest BCUT2D eigenvalue weighted by molar-refractivity contribution is 4.86. The van der Waals surface area contributed by atoms with Gasteiger partial charge in [0, 0.05) is 12.6 Å². The van der Waals surface area contributed by atoms with Gasteiger partial charge in [0.1, 0.15) is 0 Å². The Morgan fingerprint density at radius 3 is 2.67 bits per heavy atom. The average molecular weight is 125 g/mol. The molecule has 0 spiro atoms. The van der Waals surface area contributed by atoms with E-state index in [9.17, 15) is 0 Å². The summed E-state index contributed by atoms with van der Waals surface area (Å²) in [5.41, 5.74) is 0. The van der Waals surface area contributed by atoms with E-state index in [1.165, 1.54) is 19.3 Å². The first-order valence-corrected chi connectivity index (χ1v) is 3.83. The summed E-state index contributed by atoms with van der Waals surface area (Å²) >= 11 is 0. The van der Waals surface area contributed by atoms with E-state index in [-0.39, 0.29) is 0 Å². The molecule has 1 heterocycles. The summed E-state index contributed by atoms with van der Waals surface area (Å²) in [6.07, 6.45) is 4.32. The molecule has 2 heteroatoms. The third-order valence-corrected chi connectivity index (χ3v) is 2.51. The van der Waals surface area contributed by atoms with Crippen molar-refractivity contribution in [2.45, 2.75) is 25.3 Å². The first-order chi connectivity index (χ1) is 4.47. The van der Waals surface area contributed by atoms with Crippen molar-refractivity contribution in [3.05, 3.63) is 0 Å². The van der Waals surface area contributed by atoms with E-state index in [2.05, 4.69) is 10.6 Å². The Morgan fingerprint density at radius 2 is 2.22 bits per heavy atom. The molecular formula is C7H13N2. The summed E-state index contributed by atoms with van der Waals surface area (Å²) in [4.78, 5) is 0. The molecule has 0 aromatic rings. The van der Waals surface area contributed by atoms with E-state index in [0.717, 1.165) is 25.2 Å². The van der Waals surface area contributed by atoms with E-state index in [4.69, 9.17) is 0 Å². The Morgan fingerprint density at radius 1 is 1.33 bits per heavy atom. The van der Waals surface area contributed by atoms with Crippen LogP contribution in [0, 0.1) is 5.92 Å². The van der Waals surface area contributed by atoms with Crippen LogP contribution in [0.5, 0.6) is 0 Å². The third kappa shape index (κ3) is 0.970. The van der Waals surface area contributed by atoms with Crippen LogP contribution in [0.4, 0.5) is 0 Å². The van der Waals surface area contributed by atoms with Crippen LogP contribution < -0.4 is 10.6 Å². The van der Waals surface area contributed by atoms with Crippen molar-refractivity contribution in [2.24, 2.45) is 5.92 Å². The number of nitrogens with zero attached hydrogens (tertiary/aromatic N) is 1. The van der Waals surface area contributed by atoms with Crippen LogP contribution in [-0.4, -0.2) is 19.3 Å². The molecule has 2 rings (SSSR count). The third-order valence-electron chi connectivity index (χ3n) is 2.51. The lowest BCUT2D eigenvalue weighted by atomic mass is 9.80. The summed E-state index contributed by atoms with van der Waals surface area (Å²) in [6.45, 7) is 1.98. The number of hydrogen-bond acceptors (Lipinski definition) is 1. The molecule has 0 amide bonds. The predicted octanol–water partition coefficient (Wildman–Crippen LogP) is 0.320. The van der Waals surface area contributed by atoms with E-state index in [0.29, 0.717) is 0 Å². The fraction of sp³-hybridized carbons (Fsp3) is 1.00. The average Bonchev–Trinajstić information content (AvgIpc) is 2.11. The number of nitrogens with one attached hydrogen (secondary N) is 1. The Bertz CT molecular complexity index is 93.1. The van der Waals surface area contributed by atoms with Gasteiger partial charge in [-0.05, 0) is 18.8 Å². The van der Waals surface area contributed by atoms with Gasteiger partial charge in [-0.25, -0.2) is 5.32 Å². The van der Waals surface area contributed by atoms with Crippen LogP contribution in [-0.2, 0) is 0 Å². The van der Waals surface area contributed by atoms with Crippen LogP contribution in [0.3, 0.4) is 0 Å². The summed E-state index contributed by atoms with van der Waals surface area (Å²) in [7, 11) is 0. The van der Waals surface area contributed by atoms with Crippen molar-refractivity contribution >= 4 is 0 Å². The Kier molecular flexibility index (Phi) is 1.44. The van der Waals surface area contributed by atoms with Gasteiger partial charge in [-0.15, -0.1) is 0 Å². The van der Waals surface area contributed by atoms with Gasteiger partial charge in [0.2, 0.25) is 0 Å². The van der Waals surface area contributed by atoms with Crippen LogP contribution in [0.2, 0.25) is 0 Å². The normalized spacial score (nSPS) is 36.7. The maximum atomic E-state index is 4.26. The summed E-state index contributed by atoms with van der Waals surface area (Å²) in [6, 6.07) is 0.749. The minimum absolute atomic E-state index is 0.749. The second-order valence-corrected chi connectivity index (χ2v) is 3.07. The van der Waals surface area contributed by atoms with Gasteiger partial charge in [0.25, 0.3) is 0 Å². The zero-order valence-electron chi connectivity index (χ0n) is 5.64. The molecule has 2 nitrogen and oxygen atoms in total. The quantitative estimate of drug-likeness (QED) is 0.536. The largest absolute Gasteiger partial charge is 0.299 e. The van der Waals surface area contributed by atoms with Crippen molar-refractivity contribution in [1.29, 1.82) is 0 Å². The molecule has 1 aliphatic carbocycles. The SMILES string of the molecule is C1CC(C2C[N]CN2)C1. The molecule has 1 saturated carbocycles. The molecular weight excluding hydrogens is 112 g/mol. The fourth-order valence-corrected chi connectivity index (χ4v) is 1.61. The standard InChI is InChI=1S/C7H13N2/c1-2-6(3-1)7-4-8-5-9-7/h6-7,9H,1-5H2. The highest BCUT2D eigenvalue weighted by atomic mass is 15.2. The monoisotopic (exact) mass is 125 g/mol. The highest BCUT2D eigenvalue weighted by Crippen LogP contribution is 2.29. The van der Waals surface area contributed by atoms with Gasteiger partial charge in [-0.2, -0.15) is 0 Å². The van der Waals surface area contributed by atoms with E-state index < -0.39 is 0 Å². The Balaban J connectivity index is 1.82. The maximum Gasteiger partial charge on any atom is 0.0627 e.